The van der Waals surface area contributed by atoms with E-state index in [1.54, 1.807) is 0 Å². The minimum absolute atomic E-state index is 0.110. The van der Waals surface area contributed by atoms with Crippen LogP contribution in [0.4, 0.5) is 17.6 Å². The van der Waals surface area contributed by atoms with E-state index in [0.29, 0.717) is 17.6 Å². The molecule has 2 aromatic carbocycles. The van der Waals surface area contributed by atoms with Crippen molar-refractivity contribution in [2.24, 2.45) is 10.6 Å². The highest BCUT2D eigenvalue weighted by molar-refractivity contribution is 7.89. The normalized spacial score (nSPS) is 17.9. The SMILES string of the molecule is COc1c(F)c(F)c(C2=C(c3ccc(S(N)(=O)=O)cc3)CC3(CC3)C2)c(F)c1F. The smallest absolute Gasteiger partial charge is 0.238 e. The maximum absolute atomic E-state index is 14.7. The molecule has 154 valence electrons. The van der Waals surface area contributed by atoms with E-state index in [9.17, 15) is 26.0 Å². The lowest BCUT2D eigenvalue weighted by Gasteiger charge is -2.14. The number of hydrogen-bond donors (Lipinski definition) is 1. The standard InChI is InChI=1S/C20H17F4NO3S/c1-28-19-17(23)15(21)14(16(22)18(19)24)13-9-20(6-7-20)8-12(13)10-2-4-11(5-3-10)29(25,26)27/h2-5H,6-9H2,1H3,(H2,25,26,27). The second-order valence-corrected chi connectivity index (χ2v) is 9.11. The molecule has 0 aliphatic heterocycles. The fourth-order valence-electron chi connectivity index (χ4n) is 3.97. The van der Waals surface area contributed by atoms with Gasteiger partial charge in [0.05, 0.1) is 17.6 Å². The van der Waals surface area contributed by atoms with Crippen molar-refractivity contribution >= 4 is 21.2 Å². The molecule has 0 bridgehead atoms. The number of ether oxygens (including phenoxy) is 1. The van der Waals surface area contributed by atoms with Gasteiger partial charge in [-0.25, -0.2) is 22.3 Å². The fourth-order valence-corrected chi connectivity index (χ4v) is 4.49. The van der Waals surface area contributed by atoms with Gasteiger partial charge in [0, 0.05) is 0 Å². The Morgan fingerprint density at radius 2 is 1.41 bits per heavy atom. The van der Waals surface area contributed by atoms with E-state index in [4.69, 9.17) is 5.14 Å². The molecule has 29 heavy (non-hydrogen) atoms. The number of nitrogens with two attached hydrogens (primary N) is 1. The van der Waals surface area contributed by atoms with Crippen LogP contribution >= 0.6 is 0 Å². The van der Waals surface area contributed by atoms with Crippen molar-refractivity contribution in [3.8, 4) is 5.75 Å². The summed E-state index contributed by atoms with van der Waals surface area (Å²) in [5.41, 5.74) is 0.308. The second kappa shape index (κ2) is 6.56. The summed E-state index contributed by atoms with van der Waals surface area (Å²) in [7, 11) is -2.98. The third-order valence-corrected chi connectivity index (χ3v) is 6.61. The molecule has 0 atom stereocenters. The van der Waals surface area contributed by atoms with Crippen molar-refractivity contribution in [1.82, 2.24) is 0 Å². The molecular formula is C20H17F4NO3S. The molecule has 4 rings (SSSR count). The first-order valence-electron chi connectivity index (χ1n) is 8.83. The quantitative estimate of drug-likeness (QED) is 0.582. The number of halogens is 4. The van der Waals surface area contributed by atoms with Crippen molar-refractivity contribution in [1.29, 1.82) is 0 Å². The van der Waals surface area contributed by atoms with Gasteiger partial charge in [0.25, 0.3) is 0 Å². The van der Waals surface area contributed by atoms with Crippen LogP contribution < -0.4 is 9.88 Å². The summed E-state index contributed by atoms with van der Waals surface area (Å²) in [6, 6.07) is 5.52. The minimum Gasteiger partial charge on any atom is -0.491 e. The molecule has 9 heteroatoms. The molecule has 1 saturated carbocycles. The van der Waals surface area contributed by atoms with Crippen molar-refractivity contribution < 1.29 is 30.7 Å². The first-order valence-corrected chi connectivity index (χ1v) is 10.4. The van der Waals surface area contributed by atoms with Gasteiger partial charge < -0.3 is 4.74 Å². The van der Waals surface area contributed by atoms with Gasteiger partial charge in [-0.15, -0.1) is 0 Å². The van der Waals surface area contributed by atoms with E-state index in [1.807, 2.05) is 0 Å². The van der Waals surface area contributed by atoms with Crippen LogP contribution in [0.3, 0.4) is 0 Å². The average Bonchev–Trinajstić information content (AvgIpc) is 3.32. The average molecular weight is 427 g/mol. The predicted octanol–water partition coefficient (Wildman–Crippen LogP) is 4.38. The molecule has 0 aromatic heterocycles. The van der Waals surface area contributed by atoms with E-state index in [1.165, 1.54) is 24.3 Å². The highest BCUT2D eigenvalue weighted by atomic mass is 32.2. The minimum atomic E-state index is -3.90. The first kappa shape index (κ1) is 19.9. The number of rotatable bonds is 4. The maximum atomic E-state index is 14.7. The zero-order valence-electron chi connectivity index (χ0n) is 15.4. The number of primary sulfonamides is 1. The fraction of sp³-hybridized carbons (Fsp3) is 0.300. The number of hydrogen-bond acceptors (Lipinski definition) is 3. The van der Waals surface area contributed by atoms with Gasteiger partial charge in [-0.05, 0) is 59.9 Å². The molecule has 1 spiro atoms. The van der Waals surface area contributed by atoms with Crippen LogP contribution in [-0.2, 0) is 10.0 Å². The topological polar surface area (TPSA) is 69.4 Å². The highest BCUT2D eigenvalue weighted by Crippen LogP contribution is 2.64. The Hall–Kier alpha value is -2.39. The summed E-state index contributed by atoms with van der Waals surface area (Å²) < 4.78 is 85.4. The van der Waals surface area contributed by atoms with Gasteiger partial charge in [-0.2, -0.15) is 8.78 Å². The third kappa shape index (κ3) is 3.22. The number of allylic oxidation sites excluding steroid dienone is 2. The maximum Gasteiger partial charge on any atom is 0.238 e. The van der Waals surface area contributed by atoms with Gasteiger partial charge in [-0.3, -0.25) is 0 Å². The van der Waals surface area contributed by atoms with E-state index < -0.39 is 44.6 Å². The number of benzene rings is 2. The van der Waals surface area contributed by atoms with Gasteiger partial charge in [0.2, 0.25) is 21.7 Å². The summed E-state index contributed by atoms with van der Waals surface area (Å²) in [4.78, 5) is -0.110. The van der Waals surface area contributed by atoms with Gasteiger partial charge >= 0.3 is 0 Å². The summed E-state index contributed by atoms with van der Waals surface area (Å²) in [5, 5.41) is 5.10. The Morgan fingerprint density at radius 3 is 1.86 bits per heavy atom. The van der Waals surface area contributed by atoms with Crippen LogP contribution in [0, 0.1) is 28.7 Å². The lowest BCUT2D eigenvalue weighted by Crippen LogP contribution is -2.11. The molecule has 0 unspecified atom stereocenters. The Bertz CT molecular complexity index is 1120. The van der Waals surface area contributed by atoms with Gasteiger partial charge in [0.15, 0.2) is 17.4 Å². The predicted molar refractivity (Wildman–Crippen MR) is 98.4 cm³/mol. The first-order chi connectivity index (χ1) is 13.6. The van der Waals surface area contributed by atoms with E-state index in [2.05, 4.69) is 4.74 Å². The molecule has 0 amide bonds. The Labute approximate surface area is 165 Å². The molecule has 4 nitrogen and oxygen atoms in total. The van der Waals surface area contributed by atoms with Gasteiger partial charge in [-0.1, -0.05) is 12.1 Å². The monoisotopic (exact) mass is 427 g/mol. The zero-order chi connectivity index (χ0) is 21.1. The van der Waals surface area contributed by atoms with E-state index in [-0.39, 0.29) is 22.3 Å². The lowest BCUT2D eigenvalue weighted by atomic mass is 9.95. The Morgan fingerprint density at radius 1 is 0.897 bits per heavy atom. The summed E-state index contributed by atoms with van der Waals surface area (Å²) in [6.07, 6.45) is 2.42. The Kier molecular flexibility index (Phi) is 4.51. The van der Waals surface area contributed by atoms with Crippen LogP contribution in [0.2, 0.25) is 0 Å². The lowest BCUT2D eigenvalue weighted by molar-refractivity contribution is 0.331. The molecule has 1 fully saturated rings. The van der Waals surface area contributed by atoms with Crippen molar-refractivity contribution in [3.63, 3.8) is 0 Å². The molecule has 0 saturated heterocycles. The number of methoxy groups -OCH3 is 1. The molecule has 2 aliphatic carbocycles. The Balaban J connectivity index is 1.91. The third-order valence-electron chi connectivity index (χ3n) is 5.69. The van der Waals surface area contributed by atoms with Gasteiger partial charge in [0.1, 0.15) is 0 Å². The summed E-state index contributed by atoms with van der Waals surface area (Å²) in [6.45, 7) is 0. The van der Waals surface area contributed by atoms with Crippen LogP contribution in [0.25, 0.3) is 11.1 Å². The van der Waals surface area contributed by atoms with Crippen LogP contribution in [0.5, 0.6) is 5.75 Å². The summed E-state index contributed by atoms with van der Waals surface area (Å²) in [5.74, 6) is -7.30. The van der Waals surface area contributed by atoms with E-state index in [0.717, 1.165) is 20.0 Å². The highest BCUT2D eigenvalue weighted by Gasteiger charge is 2.49. The molecule has 0 radical (unpaired) electrons. The number of sulfonamides is 1. The van der Waals surface area contributed by atoms with Crippen molar-refractivity contribution in [3.05, 3.63) is 58.7 Å². The molecule has 0 heterocycles. The molecular weight excluding hydrogens is 410 g/mol. The molecule has 2 aliphatic rings. The van der Waals surface area contributed by atoms with Crippen LogP contribution in [0.1, 0.15) is 36.8 Å². The largest absolute Gasteiger partial charge is 0.491 e. The van der Waals surface area contributed by atoms with Crippen LogP contribution in [0.15, 0.2) is 29.2 Å². The van der Waals surface area contributed by atoms with Crippen molar-refractivity contribution in [2.75, 3.05) is 7.11 Å². The second-order valence-electron chi connectivity index (χ2n) is 7.54. The zero-order valence-corrected chi connectivity index (χ0v) is 16.2. The van der Waals surface area contributed by atoms with Crippen molar-refractivity contribution in [2.45, 2.75) is 30.6 Å². The molecule has 2 N–H and O–H groups in total. The molecule has 2 aromatic rings. The summed E-state index contributed by atoms with van der Waals surface area (Å²) >= 11 is 0. The van der Waals surface area contributed by atoms with Crippen LogP contribution in [-0.4, -0.2) is 15.5 Å². The van der Waals surface area contributed by atoms with E-state index >= 15 is 0 Å².